The number of aryl methyl sites for hydroxylation is 1. The summed E-state index contributed by atoms with van der Waals surface area (Å²) in [7, 11) is -2.36. The Morgan fingerprint density at radius 3 is 2.55 bits per heavy atom. The molecule has 0 saturated carbocycles. The third-order valence-corrected chi connectivity index (χ3v) is 4.41. The van der Waals surface area contributed by atoms with E-state index in [4.69, 9.17) is 16.3 Å². The lowest BCUT2D eigenvalue weighted by atomic mass is 10.2. The van der Waals surface area contributed by atoms with Gasteiger partial charge in [-0.2, -0.15) is 0 Å². The zero-order chi connectivity index (χ0) is 15.3. The van der Waals surface area contributed by atoms with Gasteiger partial charge in [-0.3, -0.25) is 4.79 Å². The van der Waals surface area contributed by atoms with Crippen molar-refractivity contribution >= 4 is 27.5 Å². The zero-order valence-corrected chi connectivity index (χ0v) is 13.1. The minimum Gasteiger partial charge on any atom is -0.495 e. The lowest BCUT2D eigenvalue weighted by Gasteiger charge is -2.12. The summed E-state index contributed by atoms with van der Waals surface area (Å²) >= 11 is 5.95. The molecule has 0 aliphatic heterocycles. The zero-order valence-electron chi connectivity index (χ0n) is 11.5. The molecule has 0 bridgehead atoms. The van der Waals surface area contributed by atoms with Gasteiger partial charge in [0.1, 0.15) is 10.6 Å². The van der Waals surface area contributed by atoms with Crippen LogP contribution < -0.4 is 14.8 Å². The molecule has 1 aromatic carbocycles. The summed E-state index contributed by atoms with van der Waals surface area (Å²) in [6, 6.07) is 2.90. The highest BCUT2D eigenvalue weighted by Gasteiger charge is 2.20. The Morgan fingerprint density at radius 1 is 1.35 bits per heavy atom. The second-order valence-electron chi connectivity index (χ2n) is 4.13. The molecular weight excluding hydrogens is 304 g/mol. The number of hydrogen-bond acceptors (Lipinski definition) is 4. The molecule has 0 fully saturated rings. The van der Waals surface area contributed by atoms with Gasteiger partial charge in [0.15, 0.2) is 0 Å². The molecular formula is C12H17ClN2O4S. The van der Waals surface area contributed by atoms with Crippen molar-refractivity contribution in [3.63, 3.8) is 0 Å². The van der Waals surface area contributed by atoms with Crippen LogP contribution in [0.15, 0.2) is 17.0 Å². The number of carbonyl (C=O) groups excluding carboxylic acids is 1. The van der Waals surface area contributed by atoms with Crippen molar-refractivity contribution in [2.24, 2.45) is 0 Å². The highest BCUT2D eigenvalue weighted by atomic mass is 35.5. The van der Waals surface area contributed by atoms with Crippen molar-refractivity contribution in [2.45, 2.75) is 18.7 Å². The van der Waals surface area contributed by atoms with Gasteiger partial charge in [-0.1, -0.05) is 11.6 Å². The smallest absolute Gasteiger partial charge is 0.244 e. The van der Waals surface area contributed by atoms with E-state index in [1.54, 1.807) is 13.0 Å². The Bertz CT molecular complexity index is 602. The van der Waals surface area contributed by atoms with E-state index in [2.05, 4.69) is 10.0 Å². The molecule has 0 spiro atoms. The summed E-state index contributed by atoms with van der Waals surface area (Å²) in [5.74, 6) is -0.000846. The van der Waals surface area contributed by atoms with Crippen LogP contribution in [-0.4, -0.2) is 34.5 Å². The summed E-state index contributed by atoms with van der Waals surface area (Å²) in [5, 5.41) is 2.84. The predicted molar refractivity (Wildman–Crippen MR) is 76.6 cm³/mol. The Labute approximate surface area is 123 Å². The Balaban J connectivity index is 2.92. The van der Waals surface area contributed by atoms with E-state index in [1.165, 1.54) is 20.1 Å². The molecule has 0 aliphatic rings. The molecule has 1 aromatic rings. The quantitative estimate of drug-likeness (QED) is 0.768. The van der Waals surface area contributed by atoms with Crippen LogP contribution in [-0.2, 0) is 14.8 Å². The summed E-state index contributed by atoms with van der Waals surface area (Å²) in [5.41, 5.74) is 0.723. The van der Waals surface area contributed by atoms with Crippen molar-refractivity contribution in [3.05, 3.63) is 22.7 Å². The monoisotopic (exact) mass is 320 g/mol. The van der Waals surface area contributed by atoms with Gasteiger partial charge in [0.25, 0.3) is 0 Å². The molecule has 0 radical (unpaired) electrons. The molecule has 0 saturated heterocycles. The van der Waals surface area contributed by atoms with Crippen LogP contribution in [0.5, 0.6) is 5.75 Å². The Kier molecular flexibility index (Phi) is 5.79. The minimum absolute atomic E-state index is 0.0292. The largest absolute Gasteiger partial charge is 0.495 e. The topological polar surface area (TPSA) is 84.5 Å². The fourth-order valence-corrected chi connectivity index (χ4v) is 2.94. The number of nitrogens with one attached hydrogen (secondary N) is 2. The standard InChI is InChI=1S/C12H17ClN2O4S/c1-8-6-11(19-3)12(7-10(8)13)20(17,18)15-5-4-14-9(2)16/h6-7,15H,4-5H2,1-3H3,(H,14,16). The maximum atomic E-state index is 12.2. The molecule has 2 N–H and O–H groups in total. The van der Waals surface area contributed by atoms with E-state index in [0.29, 0.717) is 5.02 Å². The Morgan fingerprint density at radius 2 is 2.00 bits per heavy atom. The number of sulfonamides is 1. The van der Waals surface area contributed by atoms with Gasteiger partial charge in [-0.25, -0.2) is 13.1 Å². The first kappa shape index (κ1) is 16.7. The predicted octanol–water partition coefficient (Wildman–Crippen LogP) is 1.07. The van der Waals surface area contributed by atoms with Crippen LogP contribution in [0.1, 0.15) is 12.5 Å². The SMILES string of the molecule is COc1cc(C)c(Cl)cc1S(=O)(=O)NCCNC(C)=O. The first-order valence-corrected chi connectivity index (χ1v) is 7.72. The van der Waals surface area contributed by atoms with E-state index in [1.807, 2.05) is 0 Å². The second-order valence-corrected chi connectivity index (χ2v) is 6.28. The molecule has 0 aliphatic carbocycles. The van der Waals surface area contributed by atoms with Crippen molar-refractivity contribution in [3.8, 4) is 5.75 Å². The van der Waals surface area contributed by atoms with Gasteiger partial charge >= 0.3 is 0 Å². The maximum absolute atomic E-state index is 12.2. The van der Waals surface area contributed by atoms with E-state index in [-0.39, 0.29) is 29.6 Å². The normalized spacial score (nSPS) is 11.2. The van der Waals surface area contributed by atoms with Gasteiger partial charge in [-0.05, 0) is 24.6 Å². The fraction of sp³-hybridized carbons (Fsp3) is 0.417. The van der Waals surface area contributed by atoms with E-state index < -0.39 is 10.0 Å². The van der Waals surface area contributed by atoms with Crippen molar-refractivity contribution in [1.29, 1.82) is 0 Å². The first-order chi connectivity index (χ1) is 9.27. The van der Waals surface area contributed by atoms with E-state index >= 15 is 0 Å². The van der Waals surface area contributed by atoms with E-state index in [0.717, 1.165) is 5.56 Å². The number of halogens is 1. The fourth-order valence-electron chi connectivity index (χ4n) is 1.51. The lowest BCUT2D eigenvalue weighted by Crippen LogP contribution is -2.33. The highest BCUT2D eigenvalue weighted by Crippen LogP contribution is 2.29. The third kappa shape index (κ3) is 4.36. The molecule has 0 unspecified atom stereocenters. The number of methoxy groups -OCH3 is 1. The van der Waals surface area contributed by atoms with Gasteiger partial charge in [0, 0.05) is 25.0 Å². The van der Waals surface area contributed by atoms with Crippen LogP contribution in [0.3, 0.4) is 0 Å². The number of amides is 1. The van der Waals surface area contributed by atoms with Gasteiger partial charge < -0.3 is 10.1 Å². The molecule has 1 amide bonds. The highest BCUT2D eigenvalue weighted by molar-refractivity contribution is 7.89. The van der Waals surface area contributed by atoms with Gasteiger partial charge in [0.05, 0.1) is 7.11 Å². The summed E-state index contributed by atoms with van der Waals surface area (Å²) in [6.07, 6.45) is 0. The molecule has 0 heterocycles. The average molecular weight is 321 g/mol. The van der Waals surface area contributed by atoms with Crippen LogP contribution >= 0.6 is 11.6 Å². The van der Waals surface area contributed by atoms with Gasteiger partial charge in [0.2, 0.25) is 15.9 Å². The minimum atomic E-state index is -3.75. The van der Waals surface area contributed by atoms with Gasteiger partial charge in [-0.15, -0.1) is 0 Å². The van der Waals surface area contributed by atoms with Crippen LogP contribution in [0.4, 0.5) is 0 Å². The lowest BCUT2D eigenvalue weighted by molar-refractivity contribution is -0.118. The Hall–Kier alpha value is -1.31. The van der Waals surface area contributed by atoms with Crippen molar-refractivity contribution in [1.82, 2.24) is 10.0 Å². The molecule has 8 heteroatoms. The second kappa shape index (κ2) is 6.92. The van der Waals surface area contributed by atoms with Crippen LogP contribution in [0.25, 0.3) is 0 Å². The third-order valence-electron chi connectivity index (χ3n) is 2.53. The maximum Gasteiger partial charge on any atom is 0.244 e. The average Bonchev–Trinajstić information content (AvgIpc) is 2.37. The van der Waals surface area contributed by atoms with Crippen LogP contribution in [0, 0.1) is 6.92 Å². The number of carbonyl (C=O) groups is 1. The van der Waals surface area contributed by atoms with Crippen LogP contribution in [0.2, 0.25) is 5.02 Å². The van der Waals surface area contributed by atoms with Crippen molar-refractivity contribution in [2.75, 3.05) is 20.2 Å². The first-order valence-electron chi connectivity index (χ1n) is 5.86. The number of ether oxygens (including phenoxy) is 1. The molecule has 0 atom stereocenters. The number of hydrogen-bond donors (Lipinski definition) is 2. The molecule has 112 valence electrons. The molecule has 20 heavy (non-hydrogen) atoms. The van der Waals surface area contributed by atoms with Crippen molar-refractivity contribution < 1.29 is 17.9 Å². The summed E-state index contributed by atoms with van der Waals surface area (Å²) in [4.78, 5) is 10.7. The van der Waals surface area contributed by atoms with E-state index in [9.17, 15) is 13.2 Å². The molecule has 6 nitrogen and oxygen atoms in total. The molecule has 1 rings (SSSR count). The number of rotatable bonds is 6. The summed E-state index contributed by atoms with van der Waals surface area (Å²) < 4.78 is 31.8. The summed E-state index contributed by atoms with van der Waals surface area (Å²) in [6.45, 7) is 3.40. The number of benzene rings is 1. The molecule has 0 aromatic heterocycles.